The fourth-order valence-corrected chi connectivity index (χ4v) is 2.43. The zero-order valence-electron chi connectivity index (χ0n) is 11.8. The van der Waals surface area contributed by atoms with E-state index in [1.165, 1.54) is 0 Å². The third-order valence-corrected chi connectivity index (χ3v) is 3.44. The Morgan fingerprint density at radius 3 is 1.95 bits per heavy atom. The summed E-state index contributed by atoms with van der Waals surface area (Å²) < 4.78 is 5.48. The minimum absolute atomic E-state index is 0.262. The van der Waals surface area contributed by atoms with Crippen LogP contribution in [0.25, 0.3) is 11.3 Å². The van der Waals surface area contributed by atoms with Gasteiger partial charge in [0.25, 0.3) is 0 Å². The SMILES string of the molecule is c1ccc(-c2ccn(C(n3cccn3)n3cccn3)n2)cc1. The normalized spacial score (nSPS) is 11.1. The van der Waals surface area contributed by atoms with Crippen molar-refractivity contribution in [1.82, 2.24) is 29.3 Å². The first-order valence-electron chi connectivity index (χ1n) is 7.01. The molecule has 0 atom stereocenters. The number of rotatable bonds is 4. The second-order valence-corrected chi connectivity index (χ2v) is 4.87. The Bertz CT molecular complexity index is 796. The van der Waals surface area contributed by atoms with E-state index in [0.29, 0.717) is 0 Å². The first-order valence-corrected chi connectivity index (χ1v) is 7.01. The molecule has 0 N–H and O–H groups in total. The van der Waals surface area contributed by atoms with Crippen molar-refractivity contribution in [3.63, 3.8) is 0 Å². The minimum atomic E-state index is -0.262. The van der Waals surface area contributed by atoms with Crippen molar-refractivity contribution >= 4 is 0 Å². The van der Waals surface area contributed by atoms with Crippen molar-refractivity contribution in [2.45, 2.75) is 6.29 Å². The van der Waals surface area contributed by atoms with E-state index in [-0.39, 0.29) is 6.29 Å². The summed E-state index contributed by atoms with van der Waals surface area (Å²) in [4.78, 5) is 0. The van der Waals surface area contributed by atoms with E-state index in [2.05, 4.69) is 15.3 Å². The summed E-state index contributed by atoms with van der Waals surface area (Å²) in [6.07, 6.45) is 8.97. The van der Waals surface area contributed by atoms with Gasteiger partial charge in [-0.15, -0.1) is 0 Å². The number of aromatic nitrogens is 6. The lowest BCUT2D eigenvalue weighted by Crippen LogP contribution is -2.27. The van der Waals surface area contributed by atoms with Crippen molar-refractivity contribution in [2.24, 2.45) is 0 Å². The standard InChI is InChI=1S/C16H14N6/c1-2-6-14(7-3-1)15-8-13-22(19-15)16(20-11-4-9-17-20)21-12-5-10-18-21/h1-13,16H. The molecular weight excluding hydrogens is 276 g/mol. The predicted octanol–water partition coefficient (Wildman–Crippen LogP) is 2.50. The zero-order valence-corrected chi connectivity index (χ0v) is 11.8. The Balaban J connectivity index is 1.77. The number of hydrogen-bond acceptors (Lipinski definition) is 3. The highest BCUT2D eigenvalue weighted by molar-refractivity contribution is 5.58. The highest BCUT2D eigenvalue weighted by atomic mass is 15.6. The number of nitrogens with zero attached hydrogens (tertiary/aromatic N) is 6. The molecule has 0 aliphatic heterocycles. The van der Waals surface area contributed by atoms with Crippen LogP contribution in [-0.2, 0) is 0 Å². The molecule has 22 heavy (non-hydrogen) atoms. The Labute approximate surface area is 127 Å². The molecule has 0 spiro atoms. The van der Waals surface area contributed by atoms with Gasteiger partial charge in [0, 0.05) is 36.5 Å². The maximum Gasteiger partial charge on any atom is 0.238 e. The van der Waals surface area contributed by atoms with Gasteiger partial charge in [0.15, 0.2) is 0 Å². The maximum absolute atomic E-state index is 4.69. The van der Waals surface area contributed by atoms with Gasteiger partial charge < -0.3 is 0 Å². The second kappa shape index (κ2) is 5.33. The van der Waals surface area contributed by atoms with Crippen LogP contribution in [0.5, 0.6) is 0 Å². The van der Waals surface area contributed by atoms with Crippen molar-refractivity contribution < 1.29 is 0 Å². The molecular formula is C16H14N6. The average molecular weight is 290 g/mol. The smallest absolute Gasteiger partial charge is 0.227 e. The summed E-state index contributed by atoms with van der Waals surface area (Å²) in [6, 6.07) is 15.9. The lowest BCUT2D eigenvalue weighted by Gasteiger charge is -2.18. The lowest BCUT2D eigenvalue weighted by molar-refractivity contribution is 0.285. The molecule has 0 radical (unpaired) electrons. The van der Waals surface area contributed by atoms with E-state index in [9.17, 15) is 0 Å². The molecule has 0 fully saturated rings. The molecule has 108 valence electrons. The molecule has 4 rings (SSSR count). The van der Waals surface area contributed by atoms with Crippen LogP contribution in [0.15, 0.2) is 79.5 Å². The molecule has 0 bridgehead atoms. The third-order valence-electron chi connectivity index (χ3n) is 3.44. The summed E-state index contributed by atoms with van der Waals surface area (Å²) in [5, 5.41) is 13.3. The van der Waals surface area contributed by atoms with Gasteiger partial charge in [-0.1, -0.05) is 30.3 Å². The largest absolute Gasteiger partial charge is 0.238 e. The Morgan fingerprint density at radius 2 is 1.36 bits per heavy atom. The van der Waals surface area contributed by atoms with E-state index < -0.39 is 0 Å². The lowest BCUT2D eigenvalue weighted by atomic mass is 10.2. The van der Waals surface area contributed by atoms with E-state index in [0.717, 1.165) is 11.3 Å². The highest BCUT2D eigenvalue weighted by Crippen LogP contribution is 2.19. The van der Waals surface area contributed by atoms with Gasteiger partial charge >= 0.3 is 0 Å². The van der Waals surface area contributed by atoms with Gasteiger partial charge in [-0.05, 0) is 18.2 Å². The summed E-state index contributed by atoms with van der Waals surface area (Å²) in [5.41, 5.74) is 2.01. The molecule has 0 unspecified atom stereocenters. The van der Waals surface area contributed by atoms with E-state index >= 15 is 0 Å². The number of hydrogen-bond donors (Lipinski definition) is 0. The predicted molar refractivity (Wildman–Crippen MR) is 82.0 cm³/mol. The Kier molecular flexibility index (Phi) is 3.05. The molecule has 1 aromatic carbocycles. The van der Waals surface area contributed by atoms with Crippen molar-refractivity contribution in [1.29, 1.82) is 0 Å². The van der Waals surface area contributed by atoms with E-state index in [1.54, 1.807) is 12.4 Å². The van der Waals surface area contributed by atoms with Crippen LogP contribution in [0.3, 0.4) is 0 Å². The van der Waals surface area contributed by atoms with E-state index in [1.807, 2.05) is 81.2 Å². The van der Waals surface area contributed by atoms with Crippen LogP contribution in [0.4, 0.5) is 0 Å². The second-order valence-electron chi connectivity index (χ2n) is 4.87. The quantitative estimate of drug-likeness (QED) is 0.580. The van der Waals surface area contributed by atoms with Crippen molar-refractivity contribution in [3.05, 3.63) is 79.5 Å². The summed E-state index contributed by atoms with van der Waals surface area (Å²) in [6.45, 7) is 0. The molecule has 0 amide bonds. The highest BCUT2D eigenvalue weighted by Gasteiger charge is 2.17. The minimum Gasteiger partial charge on any atom is -0.227 e. The van der Waals surface area contributed by atoms with Gasteiger partial charge in [0.2, 0.25) is 6.29 Å². The average Bonchev–Trinajstić information content (AvgIpc) is 3.32. The molecule has 0 saturated carbocycles. The topological polar surface area (TPSA) is 53.5 Å². The molecule has 6 nitrogen and oxygen atoms in total. The van der Waals surface area contributed by atoms with Gasteiger partial charge in [-0.2, -0.15) is 15.3 Å². The van der Waals surface area contributed by atoms with Gasteiger partial charge in [0.05, 0.1) is 5.69 Å². The zero-order chi connectivity index (χ0) is 14.8. The molecule has 0 aliphatic rings. The van der Waals surface area contributed by atoms with Crippen molar-refractivity contribution in [2.75, 3.05) is 0 Å². The molecule has 3 aromatic heterocycles. The fourth-order valence-electron chi connectivity index (χ4n) is 2.43. The van der Waals surface area contributed by atoms with Gasteiger partial charge in [-0.3, -0.25) is 0 Å². The van der Waals surface area contributed by atoms with Crippen LogP contribution in [0.1, 0.15) is 6.29 Å². The van der Waals surface area contributed by atoms with Crippen molar-refractivity contribution in [3.8, 4) is 11.3 Å². The first kappa shape index (κ1) is 12.6. The first-order chi connectivity index (χ1) is 10.9. The molecule has 6 heteroatoms. The van der Waals surface area contributed by atoms with Crippen LogP contribution in [-0.4, -0.2) is 29.3 Å². The van der Waals surface area contributed by atoms with Gasteiger partial charge in [-0.25, -0.2) is 14.0 Å². The van der Waals surface area contributed by atoms with E-state index in [4.69, 9.17) is 0 Å². The monoisotopic (exact) mass is 290 g/mol. The number of benzene rings is 1. The maximum atomic E-state index is 4.69. The summed E-state index contributed by atoms with van der Waals surface area (Å²) >= 11 is 0. The third kappa shape index (κ3) is 2.20. The Hall–Kier alpha value is -3.15. The van der Waals surface area contributed by atoms with Crippen LogP contribution >= 0.6 is 0 Å². The van der Waals surface area contributed by atoms with Crippen LogP contribution < -0.4 is 0 Å². The van der Waals surface area contributed by atoms with Crippen LogP contribution in [0, 0.1) is 0 Å². The molecule has 0 saturated heterocycles. The Morgan fingerprint density at radius 1 is 0.682 bits per heavy atom. The summed E-state index contributed by atoms with van der Waals surface area (Å²) in [5.74, 6) is 0. The fraction of sp³-hybridized carbons (Fsp3) is 0.0625. The molecule has 4 aromatic rings. The summed E-state index contributed by atoms with van der Waals surface area (Å²) in [7, 11) is 0. The van der Waals surface area contributed by atoms with Crippen LogP contribution in [0.2, 0.25) is 0 Å². The molecule has 3 heterocycles. The molecule has 0 aliphatic carbocycles. The van der Waals surface area contributed by atoms with Gasteiger partial charge in [0.1, 0.15) is 0 Å².